The van der Waals surface area contributed by atoms with Gasteiger partial charge in [-0.1, -0.05) is 44.1 Å². The third-order valence-corrected chi connectivity index (χ3v) is 1.86. The minimum Gasteiger partial charge on any atom is -0.0880 e. The predicted molar refractivity (Wildman–Crippen MR) is 57.3 cm³/mol. The van der Waals surface area contributed by atoms with E-state index in [0.717, 1.165) is 0 Å². The zero-order valence-corrected chi connectivity index (χ0v) is 8.93. The summed E-state index contributed by atoms with van der Waals surface area (Å²) in [7, 11) is 0. The minimum absolute atomic E-state index is 0.654. The van der Waals surface area contributed by atoms with Crippen molar-refractivity contribution in [1.29, 1.82) is 0 Å². The Bertz CT molecular complexity index is 147. The second kappa shape index (κ2) is 7.15. The Morgan fingerprint density at radius 3 is 2.33 bits per heavy atom. The van der Waals surface area contributed by atoms with Gasteiger partial charge in [0.15, 0.2) is 0 Å². The molecule has 0 bridgehead atoms. The molecule has 0 nitrogen and oxygen atoms in total. The molecular weight excluding hydrogens is 144 g/mol. The van der Waals surface area contributed by atoms with Crippen LogP contribution in [-0.2, 0) is 0 Å². The van der Waals surface area contributed by atoms with Gasteiger partial charge in [-0.05, 0) is 32.6 Å². The fourth-order valence-corrected chi connectivity index (χ4v) is 1.18. The molecule has 70 valence electrons. The van der Waals surface area contributed by atoms with Crippen LogP contribution < -0.4 is 0 Å². The summed E-state index contributed by atoms with van der Waals surface area (Å²) >= 11 is 0. The fourth-order valence-electron chi connectivity index (χ4n) is 1.18. The van der Waals surface area contributed by atoms with Crippen molar-refractivity contribution in [1.82, 2.24) is 0 Å². The minimum atomic E-state index is 0.654. The molecule has 0 heteroatoms. The Morgan fingerprint density at radius 2 is 1.92 bits per heavy atom. The Balaban J connectivity index is 3.91. The summed E-state index contributed by atoms with van der Waals surface area (Å²) in [5.74, 6) is 0.654. The lowest BCUT2D eigenvalue weighted by molar-refractivity contribution is 0.761. The summed E-state index contributed by atoms with van der Waals surface area (Å²) < 4.78 is 0. The molecule has 0 saturated heterocycles. The van der Waals surface area contributed by atoms with E-state index in [-0.39, 0.29) is 0 Å². The first-order valence-electron chi connectivity index (χ1n) is 5.02. The average Bonchev–Trinajstić information content (AvgIpc) is 2.02. The van der Waals surface area contributed by atoms with Crippen molar-refractivity contribution >= 4 is 0 Å². The molecule has 0 rings (SSSR count). The summed E-state index contributed by atoms with van der Waals surface area (Å²) in [5, 5.41) is 0. The van der Waals surface area contributed by atoms with Gasteiger partial charge in [0.25, 0.3) is 0 Å². The van der Waals surface area contributed by atoms with Crippen molar-refractivity contribution in [2.24, 2.45) is 5.92 Å². The first kappa shape index (κ1) is 11.5. The van der Waals surface area contributed by atoms with E-state index in [4.69, 9.17) is 0 Å². The molecule has 0 fully saturated rings. The molecule has 0 aromatic rings. The van der Waals surface area contributed by atoms with E-state index in [1.165, 1.54) is 24.8 Å². The van der Waals surface area contributed by atoms with Crippen LogP contribution in [0.25, 0.3) is 0 Å². The molecule has 0 aliphatic heterocycles. The molecule has 0 aromatic heterocycles. The van der Waals surface area contributed by atoms with Gasteiger partial charge in [-0.15, -0.1) is 0 Å². The monoisotopic (exact) mass is 166 g/mol. The van der Waals surface area contributed by atoms with Crippen LogP contribution in [-0.4, -0.2) is 0 Å². The lowest BCUT2D eigenvalue weighted by Crippen LogP contribution is -1.89. The highest BCUT2D eigenvalue weighted by atomic mass is 14.0. The lowest BCUT2D eigenvalue weighted by Gasteiger charge is -2.03. The Kier molecular flexibility index (Phi) is 6.84. The van der Waals surface area contributed by atoms with Gasteiger partial charge in [0.1, 0.15) is 0 Å². The van der Waals surface area contributed by atoms with Gasteiger partial charge in [-0.2, -0.15) is 0 Å². The highest BCUT2D eigenvalue weighted by Crippen LogP contribution is 2.10. The zero-order chi connectivity index (χ0) is 9.40. The van der Waals surface area contributed by atoms with Crippen molar-refractivity contribution in [2.45, 2.75) is 47.0 Å². The van der Waals surface area contributed by atoms with E-state index in [1.807, 2.05) is 0 Å². The van der Waals surface area contributed by atoms with Gasteiger partial charge >= 0.3 is 0 Å². The highest BCUT2D eigenvalue weighted by molar-refractivity contribution is 5.04. The first-order chi connectivity index (χ1) is 5.70. The van der Waals surface area contributed by atoms with Gasteiger partial charge < -0.3 is 0 Å². The van der Waals surface area contributed by atoms with Gasteiger partial charge in [-0.25, -0.2) is 0 Å². The Labute approximate surface area is 77.4 Å². The average molecular weight is 166 g/mol. The standard InChI is InChI=1S/C12H22/c1-5-7-8-9-12(6-2)10-11(3)4/h8-10,12H,5-7H2,1-4H3. The van der Waals surface area contributed by atoms with Crippen LogP contribution in [0, 0.1) is 5.92 Å². The third-order valence-electron chi connectivity index (χ3n) is 1.86. The molecule has 12 heavy (non-hydrogen) atoms. The molecule has 0 aliphatic rings. The Hall–Kier alpha value is -0.520. The van der Waals surface area contributed by atoms with Gasteiger partial charge in [-0.3, -0.25) is 0 Å². The van der Waals surface area contributed by atoms with Gasteiger partial charge in [0.05, 0.1) is 0 Å². The van der Waals surface area contributed by atoms with Crippen LogP contribution in [0.1, 0.15) is 47.0 Å². The number of hydrogen-bond acceptors (Lipinski definition) is 0. The molecule has 0 spiro atoms. The van der Waals surface area contributed by atoms with Crippen LogP contribution in [0.4, 0.5) is 0 Å². The summed E-state index contributed by atoms with van der Waals surface area (Å²) in [6.45, 7) is 8.78. The predicted octanol–water partition coefficient (Wildman–Crippen LogP) is 4.34. The van der Waals surface area contributed by atoms with Crippen molar-refractivity contribution in [2.75, 3.05) is 0 Å². The molecule has 0 aliphatic carbocycles. The van der Waals surface area contributed by atoms with Crippen molar-refractivity contribution in [3.8, 4) is 0 Å². The number of allylic oxidation sites excluding steroid dienone is 4. The highest BCUT2D eigenvalue weighted by Gasteiger charge is 1.95. The van der Waals surface area contributed by atoms with E-state index in [0.29, 0.717) is 5.92 Å². The normalized spacial score (nSPS) is 13.3. The maximum Gasteiger partial charge on any atom is -0.00537 e. The molecular formula is C12H22. The molecule has 0 amide bonds. The zero-order valence-electron chi connectivity index (χ0n) is 8.93. The number of rotatable bonds is 5. The number of hydrogen-bond donors (Lipinski definition) is 0. The summed E-state index contributed by atoms with van der Waals surface area (Å²) in [4.78, 5) is 0. The molecule has 0 aromatic carbocycles. The first-order valence-corrected chi connectivity index (χ1v) is 5.02. The van der Waals surface area contributed by atoms with E-state index >= 15 is 0 Å². The fraction of sp³-hybridized carbons (Fsp3) is 0.667. The van der Waals surface area contributed by atoms with Crippen LogP contribution in [0.5, 0.6) is 0 Å². The topological polar surface area (TPSA) is 0 Å². The van der Waals surface area contributed by atoms with Crippen LogP contribution in [0.3, 0.4) is 0 Å². The molecule has 0 radical (unpaired) electrons. The second-order valence-electron chi connectivity index (χ2n) is 3.53. The maximum atomic E-state index is 2.34. The van der Waals surface area contributed by atoms with E-state index < -0.39 is 0 Å². The summed E-state index contributed by atoms with van der Waals surface area (Å²) in [6.07, 6.45) is 10.6. The summed E-state index contributed by atoms with van der Waals surface area (Å²) in [6, 6.07) is 0. The summed E-state index contributed by atoms with van der Waals surface area (Å²) in [5.41, 5.74) is 1.42. The third kappa shape index (κ3) is 6.21. The largest absolute Gasteiger partial charge is 0.0880 e. The van der Waals surface area contributed by atoms with Crippen LogP contribution >= 0.6 is 0 Å². The van der Waals surface area contributed by atoms with E-state index in [9.17, 15) is 0 Å². The van der Waals surface area contributed by atoms with Crippen LogP contribution in [0.2, 0.25) is 0 Å². The van der Waals surface area contributed by atoms with Crippen molar-refractivity contribution in [3.05, 3.63) is 23.8 Å². The maximum absolute atomic E-state index is 2.34. The molecule has 0 N–H and O–H groups in total. The second-order valence-corrected chi connectivity index (χ2v) is 3.53. The van der Waals surface area contributed by atoms with Gasteiger partial charge in [0.2, 0.25) is 0 Å². The number of unbranched alkanes of at least 4 members (excludes halogenated alkanes) is 1. The quantitative estimate of drug-likeness (QED) is 0.533. The van der Waals surface area contributed by atoms with E-state index in [1.54, 1.807) is 0 Å². The van der Waals surface area contributed by atoms with Crippen molar-refractivity contribution < 1.29 is 0 Å². The molecule has 0 saturated carbocycles. The van der Waals surface area contributed by atoms with Crippen LogP contribution in [0.15, 0.2) is 23.8 Å². The van der Waals surface area contributed by atoms with Crippen molar-refractivity contribution in [3.63, 3.8) is 0 Å². The molecule has 1 atom stereocenters. The molecule has 0 heterocycles. The van der Waals surface area contributed by atoms with Gasteiger partial charge in [0, 0.05) is 0 Å². The Morgan fingerprint density at radius 1 is 1.25 bits per heavy atom. The molecule has 1 unspecified atom stereocenters. The lowest BCUT2D eigenvalue weighted by atomic mass is 10.0. The SMILES string of the molecule is CCCC=CC(C=C(C)C)CC. The van der Waals surface area contributed by atoms with E-state index in [2.05, 4.69) is 45.9 Å². The smallest absolute Gasteiger partial charge is 0.00537 e.